The molecule has 84 valence electrons. The second-order valence-electron chi connectivity index (χ2n) is 3.24. The summed E-state index contributed by atoms with van der Waals surface area (Å²) in [7, 11) is 1.34. The molecule has 0 saturated heterocycles. The normalized spacial score (nSPS) is 14.9. The average molecular weight is 204 g/mol. The zero-order valence-electron chi connectivity index (χ0n) is 8.82. The van der Waals surface area contributed by atoms with E-state index in [1.807, 2.05) is 6.92 Å². The molecular weight excluding hydrogens is 184 g/mol. The Hall–Kier alpha value is -0.650. The number of esters is 1. The molecule has 5 heteroatoms. The molecule has 0 spiro atoms. The number of nitrogens with two attached hydrogens (primary N) is 1. The Kier molecular flexibility index (Phi) is 7.37. The first-order valence-electron chi connectivity index (χ1n) is 4.80. The van der Waals surface area contributed by atoms with E-state index in [0.29, 0.717) is 6.42 Å². The van der Waals surface area contributed by atoms with Crippen molar-refractivity contribution in [3.05, 3.63) is 0 Å². The minimum atomic E-state index is -0.450. The molecule has 0 aromatic heterocycles. The number of carbonyl (C=O) groups excluding carboxylic acids is 1. The number of carbonyl (C=O) groups is 1. The first-order valence-corrected chi connectivity index (χ1v) is 4.80. The van der Waals surface area contributed by atoms with E-state index < -0.39 is 6.04 Å². The molecular formula is C9H20N2O3. The number of hydrogen-bond acceptors (Lipinski definition) is 5. The fourth-order valence-corrected chi connectivity index (χ4v) is 1.20. The third-order valence-electron chi connectivity index (χ3n) is 2.00. The number of ether oxygens (including phenoxy) is 1. The Labute approximate surface area is 84.6 Å². The lowest BCUT2D eigenvalue weighted by Gasteiger charge is -2.19. The molecule has 2 unspecified atom stereocenters. The second-order valence-corrected chi connectivity index (χ2v) is 3.24. The molecule has 0 heterocycles. The van der Waals surface area contributed by atoms with Gasteiger partial charge in [-0.3, -0.25) is 4.79 Å². The van der Waals surface area contributed by atoms with Gasteiger partial charge in [0, 0.05) is 19.2 Å². The van der Waals surface area contributed by atoms with E-state index in [1.54, 1.807) is 0 Å². The maximum Gasteiger partial charge on any atom is 0.324 e. The molecule has 0 aromatic rings. The SMILES string of the molecule is COC(=O)C(CN)NC(C)CCCO. The Bertz CT molecular complexity index is 164. The van der Waals surface area contributed by atoms with Crippen LogP contribution in [0.25, 0.3) is 0 Å². The summed E-state index contributed by atoms with van der Waals surface area (Å²) in [5, 5.41) is 11.7. The van der Waals surface area contributed by atoms with Crippen molar-refractivity contribution in [2.24, 2.45) is 5.73 Å². The van der Waals surface area contributed by atoms with Gasteiger partial charge < -0.3 is 20.9 Å². The topological polar surface area (TPSA) is 84.6 Å². The highest BCUT2D eigenvalue weighted by atomic mass is 16.5. The molecule has 0 rings (SSSR count). The van der Waals surface area contributed by atoms with E-state index in [4.69, 9.17) is 10.8 Å². The molecule has 0 aromatic carbocycles. The molecule has 0 fully saturated rings. The van der Waals surface area contributed by atoms with Gasteiger partial charge in [0.2, 0.25) is 0 Å². The van der Waals surface area contributed by atoms with Crippen LogP contribution in [0.15, 0.2) is 0 Å². The molecule has 0 aliphatic carbocycles. The van der Waals surface area contributed by atoms with Gasteiger partial charge in [-0.25, -0.2) is 0 Å². The van der Waals surface area contributed by atoms with Gasteiger partial charge in [0.1, 0.15) is 6.04 Å². The highest BCUT2D eigenvalue weighted by Crippen LogP contribution is 1.97. The minimum absolute atomic E-state index is 0.148. The summed E-state index contributed by atoms with van der Waals surface area (Å²) in [6.07, 6.45) is 1.52. The van der Waals surface area contributed by atoms with Crippen molar-refractivity contribution in [2.45, 2.75) is 31.8 Å². The lowest BCUT2D eigenvalue weighted by molar-refractivity contribution is -0.143. The number of methoxy groups -OCH3 is 1. The Morgan fingerprint density at radius 2 is 2.29 bits per heavy atom. The van der Waals surface area contributed by atoms with Crippen LogP contribution in [0, 0.1) is 0 Å². The van der Waals surface area contributed by atoms with Crippen molar-refractivity contribution in [3.63, 3.8) is 0 Å². The van der Waals surface area contributed by atoms with Crippen LogP contribution < -0.4 is 11.1 Å². The lowest BCUT2D eigenvalue weighted by Crippen LogP contribution is -2.47. The van der Waals surface area contributed by atoms with Crippen LogP contribution >= 0.6 is 0 Å². The standard InChI is InChI=1S/C9H20N2O3/c1-7(4-3-5-12)11-8(6-10)9(13)14-2/h7-8,11-12H,3-6,10H2,1-2H3. The predicted octanol–water partition coefficient (Wildman–Crippen LogP) is -0.763. The Morgan fingerprint density at radius 1 is 1.64 bits per heavy atom. The molecule has 0 radical (unpaired) electrons. The van der Waals surface area contributed by atoms with Crippen molar-refractivity contribution in [2.75, 3.05) is 20.3 Å². The molecule has 0 bridgehead atoms. The van der Waals surface area contributed by atoms with Gasteiger partial charge in [0.05, 0.1) is 7.11 Å². The van der Waals surface area contributed by atoms with E-state index in [1.165, 1.54) is 7.11 Å². The monoisotopic (exact) mass is 204 g/mol. The van der Waals surface area contributed by atoms with Crippen molar-refractivity contribution >= 4 is 5.97 Å². The van der Waals surface area contributed by atoms with E-state index in [0.717, 1.165) is 6.42 Å². The Morgan fingerprint density at radius 3 is 2.71 bits per heavy atom. The fraction of sp³-hybridized carbons (Fsp3) is 0.889. The van der Waals surface area contributed by atoms with Gasteiger partial charge in [0.15, 0.2) is 0 Å². The van der Waals surface area contributed by atoms with Crippen molar-refractivity contribution < 1.29 is 14.6 Å². The maximum absolute atomic E-state index is 11.1. The first kappa shape index (κ1) is 13.4. The van der Waals surface area contributed by atoms with Crippen molar-refractivity contribution in [3.8, 4) is 0 Å². The summed E-state index contributed by atoms with van der Waals surface area (Å²) in [6, 6.07) is -0.302. The van der Waals surface area contributed by atoms with Crippen LogP contribution in [0.3, 0.4) is 0 Å². The van der Waals surface area contributed by atoms with E-state index in [9.17, 15) is 4.79 Å². The van der Waals surface area contributed by atoms with Crippen LogP contribution in [0.1, 0.15) is 19.8 Å². The third-order valence-corrected chi connectivity index (χ3v) is 2.00. The van der Waals surface area contributed by atoms with Crippen LogP contribution in [-0.2, 0) is 9.53 Å². The highest BCUT2D eigenvalue weighted by Gasteiger charge is 2.18. The molecule has 0 amide bonds. The number of hydrogen-bond donors (Lipinski definition) is 3. The molecule has 5 nitrogen and oxygen atoms in total. The quantitative estimate of drug-likeness (QED) is 0.475. The predicted molar refractivity (Wildman–Crippen MR) is 53.8 cm³/mol. The summed E-state index contributed by atoms with van der Waals surface area (Å²) in [6.45, 7) is 2.33. The molecule has 0 saturated carbocycles. The van der Waals surface area contributed by atoms with Gasteiger partial charge in [-0.15, -0.1) is 0 Å². The van der Waals surface area contributed by atoms with E-state index in [-0.39, 0.29) is 25.2 Å². The largest absolute Gasteiger partial charge is 0.468 e. The van der Waals surface area contributed by atoms with Crippen molar-refractivity contribution in [1.82, 2.24) is 5.32 Å². The molecule has 2 atom stereocenters. The lowest BCUT2D eigenvalue weighted by atomic mass is 10.1. The zero-order valence-corrected chi connectivity index (χ0v) is 8.82. The zero-order chi connectivity index (χ0) is 11.0. The number of nitrogens with one attached hydrogen (secondary N) is 1. The maximum atomic E-state index is 11.1. The van der Waals surface area contributed by atoms with E-state index >= 15 is 0 Å². The van der Waals surface area contributed by atoms with Crippen LogP contribution in [0.5, 0.6) is 0 Å². The second kappa shape index (κ2) is 7.73. The van der Waals surface area contributed by atoms with Gasteiger partial charge in [-0.1, -0.05) is 0 Å². The summed E-state index contributed by atoms with van der Waals surface area (Å²) < 4.78 is 4.58. The summed E-state index contributed by atoms with van der Waals surface area (Å²) in [4.78, 5) is 11.1. The number of aliphatic hydroxyl groups excluding tert-OH is 1. The van der Waals surface area contributed by atoms with Gasteiger partial charge >= 0.3 is 5.97 Å². The third kappa shape index (κ3) is 5.16. The average Bonchev–Trinajstić information content (AvgIpc) is 2.21. The number of aliphatic hydroxyl groups is 1. The van der Waals surface area contributed by atoms with Crippen LogP contribution in [0.4, 0.5) is 0 Å². The van der Waals surface area contributed by atoms with Crippen molar-refractivity contribution in [1.29, 1.82) is 0 Å². The van der Waals surface area contributed by atoms with E-state index in [2.05, 4.69) is 10.1 Å². The first-order chi connectivity index (χ1) is 6.65. The van der Waals surface area contributed by atoms with Gasteiger partial charge in [-0.05, 0) is 19.8 Å². The molecule has 0 aliphatic rings. The van der Waals surface area contributed by atoms with Gasteiger partial charge in [0.25, 0.3) is 0 Å². The molecule has 14 heavy (non-hydrogen) atoms. The van der Waals surface area contributed by atoms with Crippen LogP contribution in [0.2, 0.25) is 0 Å². The Balaban J connectivity index is 3.85. The van der Waals surface area contributed by atoms with Crippen LogP contribution in [-0.4, -0.2) is 43.4 Å². The fourth-order valence-electron chi connectivity index (χ4n) is 1.20. The summed E-state index contributed by atoms with van der Waals surface area (Å²) in [5.41, 5.74) is 5.41. The summed E-state index contributed by atoms with van der Waals surface area (Å²) in [5.74, 6) is -0.344. The highest BCUT2D eigenvalue weighted by molar-refractivity contribution is 5.75. The molecule has 4 N–H and O–H groups in total. The van der Waals surface area contributed by atoms with Gasteiger partial charge in [-0.2, -0.15) is 0 Å². The minimum Gasteiger partial charge on any atom is -0.468 e. The smallest absolute Gasteiger partial charge is 0.324 e. The number of rotatable bonds is 7. The molecule has 0 aliphatic heterocycles. The summed E-state index contributed by atoms with van der Waals surface area (Å²) >= 11 is 0.